The van der Waals surface area contributed by atoms with E-state index in [2.05, 4.69) is 25.6 Å². The number of hydrogen-bond donors (Lipinski definition) is 3. The van der Waals surface area contributed by atoms with E-state index in [1.165, 1.54) is 20.2 Å². The van der Waals surface area contributed by atoms with Crippen LogP contribution in [0.4, 0.5) is 10.1 Å². The number of hydrogen-bond acceptors (Lipinski definition) is 7. The molecule has 1 unspecified atom stereocenters. The van der Waals surface area contributed by atoms with Crippen LogP contribution in [0, 0.1) is 5.82 Å². The average Bonchev–Trinajstić information content (AvgIpc) is 3.38. The van der Waals surface area contributed by atoms with Gasteiger partial charge < -0.3 is 30.0 Å². The van der Waals surface area contributed by atoms with E-state index < -0.39 is 17.4 Å². The summed E-state index contributed by atoms with van der Waals surface area (Å²) in [5.41, 5.74) is 1.59. The third-order valence-corrected chi connectivity index (χ3v) is 6.20. The van der Waals surface area contributed by atoms with Crippen LogP contribution in [0.5, 0.6) is 11.5 Å². The summed E-state index contributed by atoms with van der Waals surface area (Å²) >= 11 is 0. The molecule has 1 atom stereocenters. The lowest BCUT2D eigenvalue weighted by molar-refractivity contribution is -0.128. The van der Waals surface area contributed by atoms with E-state index in [1.54, 1.807) is 79.4 Å². The number of carbonyl (C=O) groups is 1. The molecule has 2 aromatic carbocycles. The van der Waals surface area contributed by atoms with E-state index >= 15 is 4.39 Å². The highest BCUT2D eigenvalue weighted by molar-refractivity contribution is 5.93. The summed E-state index contributed by atoms with van der Waals surface area (Å²) in [6, 6.07) is 12.0. The van der Waals surface area contributed by atoms with Crippen LogP contribution in [-0.2, 0) is 4.79 Å². The van der Waals surface area contributed by atoms with Crippen molar-refractivity contribution in [1.82, 2.24) is 25.2 Å². The molecule has 0 aliphatic carbocycles. The Morgan fingerprint density at radius 2 is 1.95 bits per heavy atom. The van der Waals surface area contributed by atoms with E-state index in [0.29, 0.717) is 11.3 Å². The number of benzene rings is 2. The Hall–Kier alpha value is -4.86. The molecule has 37 heavy (non-hydrogen) atoms. The van der Waals surface area contributed by atoms with Crippen LogP contribution in [0.15, 0.2) is 85.3 Å². The Morgan fingerprint density at radius 1 is 1.14 bits per heavy atom. The molecule has 0 saturated heterocycles. The number of halogens is 1. The lowest BCUT2D eigenvalue weighted by Crippen LogP contribution is -2.63. The second kappa shape index (κ2) is 9.65. The number of carbonyl (C=O) groups excluding carboxylic acids is 1. The molecule has 1 aliphatic rings. The number of nitrogens with zero attached hydrogens (tertiary/aromatic N) is 3. The van der Waals surface area contributed by atoms with Crippen molar-refractivity contribution in [3.05, 3.63) is 91.1 Å². The van der Waals surface area contributed by atoms with Gasteiger partial charge in [0.15, 0.2) is 17.3 Å². The van der Waals surface area contributed by atoms with Gasteiger partial charge in [-0.1, -0.05) is 0 Å². The molecule has 5 rings (SSSR count). The van der Waals surface area contributed by atoms with Crippen molar-refractivity contribution < 1.29 is 18.7 Å². The molecular formula is C27H25FN6O3. The van der Waals surface area contributed by atoms with Gasteiger partial charge in [0, 0.05) is 38.8 Å². The second-order valence-electron chi connectivity index (χ2n) is 8.36. The minimum absolute atomic E-state index is 0.0396. The van der Waals surface area contributed by atoms with Crippen LogP contribution < -0.4 is 20.1 Å². The van der Waals surface area contributed by atoms with Crippen LogP contribution >= 0.6 is 0 Å². The Balaban J connectivity index is 1.62. The maximum Gasteiger partial charge on any atom is 0.274 e. The van der Waals surface area contributed by atoms with Crippen LogP contribution in [0.3, 0.4) is 0 Å². The van der Waals surface area contributed by atoms with Gasteiger partial charge in [0.2, 0.25) is 0 Å². The number of amides is 1. The number of likely N-dealkylation sites (N-methyl/N-ethyl adjacent to an activating group) is 2. The summed E-state index contributed by atoms with van der Waals surface area (Å²) in [5, 5.41) is 5.95. The smallest absolute Gasteiger partial charge is 0.274 e. The zero-order chi connectivity index (χ0) is 26.0. The van der Waals surface area contributed by atoms with Gasteiger partial charge in [-0.05, 0) is 59.7 Å². The lowest BCUT2D eigenvalue weighted by atomic mass is 9.99. The van der Waals surface area contributed by atoms with Crippen molar-refractivity contribution in [1.29, 1.82) is 0 Å². The predicted molar refractivity (Wildman–Crippen MR) is 138 cm³/mol. The van der Waals surface area contributed by atoms with Gasteiger partial charge in [0.05, 0.1) is 30.2 Å². The normalized spacial score (nSPS) is 16.9. The fraction of sp³-hybridized carbons (Fsp3) is 0.148. The van der Waals surface area contributed by atoms with Crippen molar-refractivity contribution in [3.63, 3.8) is 0 Å². The highest BCUT2D eigenvalue weighted by Gasteiger charge is 2.48. The minimum atomic E-state index is -1.58. The molecule has 10 heteroatoms. The Labute approximate surface area is 212 Å². The zero-order valence-electron chi connectivity index (χ0n) is 20.4. The van der Waals surface area contributed by atoms with Crippen LogP contribution in [0.1, 0.15) is 0 Å². The average molecular weight is 501 g/mol. The fourth-order valence-electron chi connectivity index (χ4n) is 4.34. The molecule has 9 nitrogen and oxygen atoms in total. The van der Waals surface area contributed by atoms with E-state index in [4.69, 9.17) is 9.47 Å². The number of nitrogens with one attached hydrogen (secondary N) is 3. The molecule has 0 saturated carbocycles. The van der Waals surface area contributed by atoms with E-state index in [9.17, 15) is 4.79 Å². The standard InChI is InChI=1S/C27H25FN6O3/c1-29-26(35)27(33-23-14-18(13-20(28)25(23)36-3)17-8-10-30-11-9-17)24(5-4-12-34(27)2)37-19-6-7-21-22(15-19)32-16-31-21/h4-16,33H,1-3H3,(H,29,35)(H,31,32). The third kappa shape index (κ3) is 4.22. The molecule has 4 aromatic rings. The number of pyridine rings is 1. The van der Waals surface area contributed by atoms with Crippen molar-refractivity contribution in [2.45, 2.75) is 5.66 Å². The maximum absolute atomic E-state index is 15.3. The molecule has 0 spiro atoms. The molecule has 2 aromatic heterocycles. The summed E-state index contributed by atoms with van der Waals surface area (Å²) in [6.45, 7) is 0. The third-order valence-electron chi connectivity index (χ3n) is 6.20. The summed E-state index contributed by atoms with van der Waals surface area (Å²) < 4.78 is 26.9. The maximum atomic E-state index is 15.3. The predicted octanol–water partition coefficient (Wildman–Crippen LogP) is 4.05. The van der Waals surface area contributed by atoms with Crippen LogP contribution in [0.25, 0.3) is 22.2 Å². The van der Waals surface area contributed by atoms with E-state index in [0.717, 1.165) is 16.6 Å². The number of ether oxygens (including phenoxy) is 2. The first-order valence-corrected chi connectivity index (χ1v) is 11.5. The summed E-state index contributed by atoms with van der Waals surface area (Å²) in [5.74, 6) is -0.290. The van der Waals surface area contributed by atoms with Crippen molar-refractivity contribution >= 4 is 22.6 Å². The first kappa shape index (κ1) is 23.9. The van der Waals surface area contributed by atoms with Gasteiger partial charge in [0.25, 0.3) is 11.6 Å². The number of aromatic amines is 1. The Kier molecular flexibility index (Phi) is 6.22. The Bertz CT molecular complexity index is 1520. The number of methoxy groups -OCH3 is 1. The number of fused-ring (bicyclic) bond motifs is 1. The van der Waals surface area contributed by atoms with Gasteiger partial charge in [-0.25, -0.2) is 9.37 Å². The second-order valence-corrected chi connectivity index (χ2v) is 8.36. The number of H-pyrrole nitrogens is 1. The van der Waals surface area contributed by atoms with Gasteiger partial charge in [-0.3, -0.25) is 9.78 Å². The molecular weight excluding hydrogens is 475 g/mol. The van der Waals surface area contributed by atoms with Gasteiger partial charge in [-0.2, -0.15) is 0 Å². The molecule has 0 fully saturated rings. The first-order chi connectivity index (χ1) is 18.0. The van der Waals surface area contributed by atoms with Gasteiger partial charge in [0.1, 0.15) is 5.75 Å². The van der Waals surface area contributed by atoms with Crippen LogP contribution in [-0.4, -0.2) is 52.6 Å². The fourth-order valence-corrected chi connectivity index (χ4v) is 4.34. The number of rotatable bonds is 7. The lowest BCUT2D eigenvalue weighted by Gasteiger charge is -2.43. The quantitative estimate of drug-likeness (QED) is 0.352. The minimum Gasteiger partial charge on any atom is -0.492 e. The highest BCUT2D eigenvalue weighted by Crippen LogP contribution is 2.39. The zero-order valence-corrected chi connectivity index (χ0v) is 20.4. The Morgan fingerprint density at radius 3 is 2.70 bits per heavy atom. The molecule has 0 bridgehead atoms. The summed E-state index contributed by atoms with van der Waals surface area (Å²) in [4.78, 5) is 26.6. The van der Waals surface area contributed by atoms with Crippen LogP contribution in [0.2, 0.25) is 0 Å². The van der Waals surface area contributed by atoms with E-state index in [-0.39, 0.29) is 17.2 Å². The molecule has 0 radical (unpaired) electrons. The number of aromatic nitrogens is 3. The molecule has 188 valence electrons. The topological polar surface area (TPSA) is 104 Å². The molecule has 3 N–H and O–H groups in total. The molecule has 1 aliphatic heterocycles. The van der Waals surface area contributed by atoms with Gasteiger partial charge >= 0.3 is 0 Å². The number of imidazole rings is 1. The van der Waals surface area contributed by atoms with E-state index in [1.807, 2.05) is 6.07 Å². The number of anilines is 1. The molecule has 3 heterocycles. The van der Waals surface area contributed by atoms with Crippen molar-refractivity contribution in [3.8, 4) is 22.6 Å². The largest absolute Gasteiger partial charge is 0.492 e. The number of allylic oxidation sites excluding steroid dienone is 2. The first-order valence-electron chi connectivity index (χ1n) is 11.5. The monoisotopic (exact) mass is 500 g/mol. The summed E-state index contributed by atoms with van der Waals surface area (Å²) in [6.07, 6.45) is 10.0. The summed E-state index contributed by atoms with van der Waals surface area (Å²) in [7, 11) is 4.62. The molecule has 1 amide bonds. The van der Waals surface area contributed by atoms with Crippen molar-refractivity contribution in [2.24, 2.45) is 0 Å². The SMILES string of the molecule is CNC(=O)C1(Nc2cc(-c3ccncc3)cc(F)c2OC)C(Oc2ccc3nc[nH]c3c2)=CC=CN1C. The highest BCUT2D eigenvalue weighted by atomic mass is 19.1. The van der Waals surface area contributed by atoms with Crippen molar-refractivity contribution in [2.75, 3.05) is 26.5 Å². The van der Waals surface area contributed by atoms with Gasteiger partial charge in [-0.15, -0.1) is 0 Å².